The highest BCUT2D eigenvalue weighted by Gasteiger charge is 2.15. The van der Waals surface area contributed by atoms with E-state index in [9.17, 15) is 0 Å². The van der Waals surface area contributed by atoms with E-state index < -0.39 is 0 Å². The van der Waals surface area contributed by atoms with Gasteiger partial charge in [-0.1, -0.05) is 6.42 Å². The van der Waals surface area contributed by atoms with Crippen LogP contribution in [-0.2, 0) is 17.6 Å². The van der Waals surface area contributed by atoms with Crippen LogP contribution in [-0.4, -0.2) is 13.7 Å². The number of hydrogen-bond acceptors (Lipinski definition) is 3. The lowest BCUT2D eigenvalue weighted by Gasteiger charge is -2.08. The molecule has 0 fully saturated rings. The number of thiophene rings is 1. The molecular formula is C14H23NOS. The van der Waals surface area contributed by atoms with Crippen molar-refractivity contribution in [3.63, 3.8) is 0 Å². The number of hydrogen-bond donors (Lipinski definition) is 1. The van der Waals surface area contributed by atoms with E-state index >= 15 is 0 Å². The number of fused-ring (bicyclic) bond motifs is 1. The molecule has 0 saturated carbocycles. The van der Waals surface area contributed by atoms with E-state index in [2.05, 4.69) is 6.07 Å². The molecule has 0 aliphatic heterocycles. The zero-order valence-corrected chi connectivity index (χ0v) is 11.5. The van der Waals surface area contributed by atoms with Crippen LogP contribution >= 0.6 is 11.3 Å². The Kier molecular flexibility index (Phi) is 5.01. The summed E-state index contributed by atoms with van der Waals surface area (Å²) in [5.41, 5.74) is 7.82. The summed E-state index contributed by atoms with van der Waals surface area (Å²) < 4.78 is 5.07. The maximum absolute atomic E-state index is 6.24. The number of rotatable bonds is 5. The molecule has 0 radical (unpaired) electrons. The Labute approximate surface area is 108 Å². The van der Waals surface area contributed by atoms with Gasteiger partial charge in [-0.25, -0.2) is 0 Å². The summed E-state index contributed by atoms with van der Waals surface area (Å²) in [5, 5.41) is 0. The molecule has 2 rings (SSSR count). The molecule has 1 aromatic rings. The normalized spacial score (nSPS) is 17.5. The van der Waals surface area contributed by atoms with E-state index in [-0.39, 0.29) is 6.04 Å². The van der Waals surface area contributed by atoms with Crippen LogP contribution in [0.4, 0.5) is 0 Å². The van der Waals surface area contributed by atoms with Gasteiger partial charge in [0.25, 0.3) is 0 Å². The lowest BCUT2D eigenvalue weighted by Crippen LogP contribution is -2.09. The molecule has 1 atom stereocenters. The zero-order chi connectivity index (χ0) is 12.1. The molecule has 1 aromatic heterocycles. The van der Waals surface area contributed by atoms with E-state index in [0.717, 1.165) is 19.4 Å². The third-order valence-electron chi connectivity index (χ3n) is 3.49. The minimum atomic E-state index is 0.210. The highest BCUT2D eigenvalue weighted by atomic mass is 32.1. The molecule has 17 heavy (non-hydrogen) atoms. The quantitative estimate of drug-likeness (QED) is 0.644. The van der Waals surface area contributed by atoms with Gasteiger partial charge in [0.15, 0.2) is 0 Å². The molecule has 2 nitrogen and oxygen atoms in total. The Hall–Kier alpha value is -0.380. The summed E-state index contributed by atoms with van der Waals surface area (Å²) in [6, 6.07) is 2.57. The first-order valence-electron chi connectivity index (χ1n) is 6.67. The van der Waals surface area contributed by atoms with E-state index in [1.165, 1.54) is 37.0 Å². The van der Waals surface area contributed by atoms with E-state index in [1.54, 1.807) is 17.6 Å². The monoisotopic (exact) mass is 253 g/mol. The zero-order valence-electron chi connectivity index (χ0n) is 10.7. The molecule has 0 amide bonds. The van der Waals surface area contributed by atoms with Crippen molar-refractivity contribution in [1.29, 1.82) is 0 Å². The molecule has 1 unspecified atom stereocenters. The predicted molar refractivity (Wildman–Crippen MR) is 73.6 cm³/mol. The summed E-state index contributed by atoms with van der Waals surface area (Å²) >= 11 is 1.95. The third-order valence-corrected chi connectivity index (χ3v) is 4.86. The lowest BCUT2D eigenvalue weighted by atomic mass is 10.1. The van der Waals surface area contributed by atoms with Crippen molar-refractivity contribution < 1.29 is 4.74 Å². The smallest absolute Gasteiger partial charge is 0.0462 e. The van der Waals surface area contributed by atoms with Crippen molar-refractivity contribution in [2.75, 3.05) is 13.7 Å². The maximum atomic E-state index is 6.24. The molecule has 0 bridgehead atoms. The average Bonchev–Trinajstić information content (AvgIpc) is 2.61. The van der Waals surface area contributed by atoms with Gasteiger partial charge in [0.1, 0.15) is 0 Å². The van der Waals surface area contributed by atoms with Crippen LogP contribution in [0.5, 0.6) is 0 Å². The summed E-state index contributed by atoms with van der Waals surface area (Å²) in [7, 11) is 1.75. The first kappa shape index (κ1) is 13.1. The van der Waals surface area contributed by atoms with Gasteiger partial charge in [-0.05, 0) is 50.2 Å². The van der Waals surface area contributed by atoms with Crippen LogP contribution in [0, 0.1) is 0 Å². The van der Waals surface area contributed by atoms with Gasteiger partial charge in [-0.3, -0.25) is 0 Å². The van der Waals surface area contributed by atoms with Crippen molar-refractivity contribution in [2.24, 2.45) is 5.73 Å². The number of aryl methyl sites for hydroxylation is 2. The molecule has 96 valence electrons. The molecule has 0 aromatic carbocycles. The van der Waals surface area contributed by atoms with Crippen LogP contribution < -0.4 is 5.73 Å². The highest BCUT2D eigenvalue weighted by Crippen LogP contribution is 2.32. The van der Waals surface area contributed by atoms with Crippen LogP contribution in [0.1, 0.15) is 53.5 Å². The second kappa shape index (κ2) is 6.53. The topological polar surface area (TPSA) is 35.2 Å². The molecule has 1 aliphatic rings. The maximum Gasteiger partial charge on any atom is 0.0462 e. The largest absolute Gasteiger partial charge is 0.385 e. The molecular weight excluding hydrogens is 230 g/mol. The van der Waals surface area contributed by atoms with Crippen LogP contribution in [0.2, 0.25) is 0 Å². The summed E-state index contributed by atoms with van der Waals surface area (Å²) in [6.45, 7) is 0.818. The predicted octanol–water partition coefficient (Wildman–Crippen LogP) is 3.44. The van der Waals surface area contributed by atoms with Crippen LogP contribution in [0.15, 0.2) is 6.07 Å². The summed E-state index contributed by atoms with van der Waals surface area (Å²) in [4.78, 5) is 2.98. The van der Waals surface area contributed by atoms with Gasteiger partial charge in [0.2, 0.25) is 0 Å². The van der Waals surface area contributed by atoms with Gasteiger partial charge in [-0.15, -0.1) is 11.3 Å². The van der Waals surface area contributed by atoms with E-state index in [1.807, 2.05) is 11.3 Å². The number of nitrogens with two attached hydrogens (primary N) is 1. The Morgan fingerprint density at radius 2 is 2.18 bits per heavy atom. The molecule has 1 aliphatic carbocycles. The van der Waals surface area contributed by atoms with Crippen molar-refractivity contribution in [1.82, 2.24) is 0 Å². The second-order valence-electron chi connectivity index (χ2n) is 4.90. The summed E-state index contributed by atoms with van der Waals surface area (Å²) in [5.74, 6) is 0. The van der Waals surface area contributed by atoms with Crippen molar-refractivity contribution >= 4 is 11.3 Å². The fourth-order valence-electron chi connectivity index (χ4n) is 2.46. The van der Waals surface area contributed by atoms with Crippen molar-refractivity contribution in [3.8, 4) is 0 Å². The fraction of sp³-hybridized carbons (Fsp3) is 0.714. The minimum absolute atomic E-state index is 0.210. The standard InChI is InChI=1S/C14H23NOS/c1-16-9-5-7-12(15)14-10-11-6-3-2-4-8-13(11)17-14/h10,12H,2-9,15H2,1H3. The van der Waals surface area contributed by atoms with Crippen molar-refractivity contribution in [2.45, 2.75) is 51.0 Å². The minimum Gasteiger partial charge on any atom is -0.385 e. The van der Waals surface area contributed by atoms with Gasteiger partial charge < -0.3 is 10.5 Å². The Morgan fingerprint density at radius 1 is 1.35 bits per heavy atom. The number of methoxy groups -OCH3 is 1. The van der Waals surface area contributed by atoms with Gasteiger partial charge in [0.05, 0.1) is 0 Å². The molecule has 3 heteroatoms. The second-order valence-corrected chi connectivity index (χ2v) is 6.07. The average molecular weight is 253 g/mol. The molecule has 0 saturated heterocycles. The van der Waals surface area contributed by atoms with E-state index in [4.69, 9.17) is 10.5 Å². The van der Waals surface area contributed by atoms with Gasteiger partial charge in [-0.2, -0.15) is 0 Å². The first-order chi connectivity index (χ1) is 8.31. The van der Waals surface area contributed by atoms with E-state index in [0.29, 0.717) is 0 Å². The first-order valence-corrected chi connectivity index (χ1v) is 7.49. The Morgan fingerprint density at radius 3 is 3.00 bits per heavy atom. The molecule has 2 N–H and O–H groups in total. The Balaban J connectivity index is 1.96. The third kappa shape index (κ3) is 3.54. The fourth-order valence-corrected chi connectivity index (χ4v) is 3.76. The van der Waals surface area contributed by atoms with Crippen LogP contribution in [0.3, 0.4) is 0 Å². The number of ether oxygens (including phenoxy) is 1. The molecule has 0 spiro atoms. The van der Waals surface area contributed by atoms with Gasteiger partial charge >= 0.3 is 0 Å². The SMILES string of the molecule is COCCCC(N)c1cc2c(s1)CCCCC2. The van der Waals surface area contributed by atoms with Crippen molar-refractivity contribution in [3.05, 3.63) is 21.4 Å². The van der Waals surface area contributed by atoms with Crippen LogP contribution in [0.25, 0.3) is 0 Å². The lowest BCUT2D eigenvalue weighted by molar-refractivity contribution is 0.190. The molecule has 1 heterocycles. The van der Waals surface area contributed by atoms with Gasteiger partial charge in [0, 0.05) is 29.5 Å². The Bertz CT molecular complexity index is 324. The summed E-state index contributed by atoms with van der Waals surface area (Å²) in [6.07, 6.45) is 8.71. The highest BCUT2D eigenvalue weighted by molar-refractivity contribution is 7.12.